The van der Waals surface area contributed by atoms with E-state index in [4.69, 9.17) is 0 Å². The Kier molecular flexibility index (Phi) is 3.78. The second-order valence-electron chi connectivity index (χ2n) is 5.66. The predicted octanol–water partition coefficient (Wildman–Crippen LogP) is 1.52. The zero-order valence-electron chi connectivity index (χ0n) is 12.3. The zero-order valence-corrected chi connectivity index (χ0v) is 13.1. The van der Waals surface area contributed by atoms with Gasteiger partial charge in [-0.2, -0.15) is 4.31 Å². The molecule has 1 aromatic carbocycles. The minimum Gasteiger partial charge on any atom is -0.288 e. The maximum Gasteiger partial charge on any atom is 0.258 e. The van der Waals surface area contributed by atoms with Crippen molar-refractivity contribution in [3.8, 4) is 0 Å². The SMILES string of the molecule is CC[C@H]1CCCCN1S(=O)(=O)c1ccc2c(c1)C(=O)NC2=O. The summed E-state index contributed by atoms with van der Waals surface area (Å²) >= 11 is 0. The molecular formula is C15H18N2O4S. The Morgan fingerprint density at radius 1 is 1.18 bits per heavy atom. The highest BCUT2D eigenvalue weighted by Crippen LogP contribution is 2.28. The molecule has 1 atom stereocenters. The third-order valence-corrected chi connectivity index (χ3v) is 6.31. The largest absolute Gasteiger partial charge is 0.288 e. The molecule has 1 saturated heterocycles. The lowest BCUT2D eigenvalue weighted by molar-refractivity contribution is 0.0879. The maximum absolute atomic E-state index is 12.9. The molecule has 118 valence electrons. The molecule has 2 aliphatic heterocycles. The molecule has 2 heterocycles. The summed E-state index contributed by atoms with van der Waals surface area (Å²) in [6, 6.07) is 4.13. The lowest BCUT2D eigenvalue weighted by atomic mass is 10.0. The Morgan fingerprint density at radius 3 is 2.64 bits per heavy atom. The van der Waals surface area contributed by atoms with Gasteiger partial charge in [0.05, 0.1) is 16.0 Å². The first-order valence-electron chi connectivity index (χ1n) is 7.46. The molecule has 2 amide bonds. The Hall–Kier alpha value is -1.73. The third-order valence-electron chi connectivity index (χ3n) is 4.36. The molecule has 7 heteroatoms. The van der Waals surface area contributed by atoms with Crippen LogP contribution in [-0.2, 0) is 10.0 Å². The Bertz CT molecular complexity index is 742. The van der Waals surface area contributed by atoms with Gasteiger partial charge in [0.1, 0.15) is 0 Å². The Labute approximate surface area is 129 Å². The van der Waals surface area contributed by atoms with Crippen molar-refractivity contribution < 1.29 is 18.0 Å². The highest BCUT2D eigenvalue weighted by atomic mass is 32.2. The van der Waals surface area contributed by atoms with Gasteiger partial charge < -0.3 is 0 Å². The fraction of sp³-hybridized carbons (Fsp3) is 0.467. The van der Waals surface area contributed by atoms with E-state index in [2.05, 4.69) is 5.32 Å². The quantitative estimate of drug-likeness (QED) is 0.855. The van der Waals surface area contributed by atoms with E-state index in [9.17, 15) is 18.0 Å². The normalized spacial score (nSPS) is 22.5. The number of amides is 2. The van der Waals surface area contributed by atoms with E-state index < -0.39 is 21.8 Å². The maximum atomic E-state index is 12.9. The number of hydrogen-bond acceptors (Lipinski definition) is 4. The zero-order chi connectivity index (χ0) is 15.9. The van der Waals surface area contributed by atoms with Crippen LogP contribution in [0.2, 0.25) is 0 Å². The summed E-state index contributed by atoms with van der Waals surface area (Å²) in [5.41, 5.74) is 0.366. The lowest BCUT2D eigenvalue weighted by Crippen LogP contribution is -2.43. The van der Waals surface area contributed by atoms with Gasteiger partial charge in [-0.1, -0.05) is 13.3 Å². The van der Waals surface area contributed by atoms with Gasteiger partial charge in [-0.25, -0.2) is 8.42 Å². The molecule has 0 aliphatic carbocycles. The number of nitrogens with one attached hydrogen (secondary N) is 1. The molecule has 0 saturated carbocycles. The molecule has 0 radical (unpaired) electrons. The van der Waals surface area contributed by atoms with Crippen LogP contribution in [0.1, 0.15) is 53.3 Å². The van der Waals surface area contributed by atoms with E-state index in [-0.39, 0.29) is 22.1 Å². The first-order chi connectivity index (χ1) is 10.4. The number of fused-ring (bicyclic) bond motifs is 1. The first kappa shape index (κ1) is 15.2. The number of carbonyl (C=O) groups excluding carboxylic acids is 2. The number of benzene rings is 1. The summed E-state index contributed by atoms with van der Waals surface area (Å²) in [5, 5.41) is 2.17. The Morgan fingerprint density at radius 2 is 1.91 bits per heavy atom. The number of piperidine rings is 1. The second kappa shape index (κ2) is 5.48. The predicted molar refractivity (Wildman–Crippen MR) is 80.1 cm³/mol. The van der Waals surface area contributed by atoms with Crippen molar-refractivity contribution >= 4 is 21.8 Å². The van der Waals surface area contributed by atoms with Gasteiger partial charge in [0.2, 0.25) is 10.0 Å². The van der Waals surface area contributed by atoms with E-state index in [0.717, 1.165) is 25.7 Å². The van der Waals surface area contributed by atoms with Crippen molar-refractivity contribution in [3.63, 3.8) is 0 Å². The highest BCUT2D eigenvalue weighted by molar-refractivity contribution is 7.89. The molecule has 1 aromatic rings. The average molecular weight is 322 g/mol. The molecule has 0 unspecified atom stereocenters. The average Bonchev–Trinajstić information content (AvgIpc) is 2.81. The van der Waals surface area contributed by atoms with E-state index in [1.165, 1.54) is 22.5 Å². The fourth-order valence-corrected chi connectivity index (χ4v) is 4.94. The van der Waals surface area contributed by atoms with Crippen molar-refractivity contribution in [2.75, 3.05) is 6.54 Å². The molecule has 0 bridgehead atoms. The molecule has 0 aromatic heterocycles. The van der Waals surface area contributed by atoms with Gasteiger partial charge >= 0.3 is 0 Å². The molecule has 22 heavy (non-hydrogen) atoms. The second-order valence-corrected chi connectivity index (χ2v) is 7.55. The number of hydrogen-bond donors (Lipinski definition) is 1. The van der Waals surface area contributed by atoms with Crippen molar-refractivity contribution in [2.45, 2.75) is 43.5 Å². The molecule has 1 fully saturated rings. The van der Waals surface area contributed by atoms with Crippen LogP contribution in [-0.4, -0.2) is 37.1 Å². The minimum atomic E-state index is -3.64. The number of sulfonamides is 1. The number of rotatable bonds is 3. The van der Waals surface area contributed by atoms with Crippen molar-refractivity contribution in [3.05, 3.63) is 29.3 Å². The van der Waals surface area contributed by atoms with E-state index in [1.807, 2.05) is 6.92 Å². The minimum absolute atomic E-state index is 0.00228. The number of carbonyl (C=O) groups is 2. The number of nitrogens with zero attached hydrogens (tertiary/aromatic N) is 1. The molecule has 6 nitrogen and oxygen atoms in total. The van der Waals surface area contributed by atoms with Gasteiger partial charge in [-0.05, 0) is 37.5 Å². The number of imide groups is 1. The van der Waals surface area contributed by atoms with Crippen LogP contribution in [0.5, 0.6) is 0 Å². The summed E-state index contributed by atoms with van der Waals surface area (Å²) in [6.45, 7) is 2.48. The molecule has 1 N–H and O–H groups in total. The summed E-state index contributed by atoms with van der Waals surface area (Å²) in [4.78, 5) is 23.3. The first-order valence-corrected chi connectivity index (χ1v) is 8.90. The summed E-state index contributed by atoms with van der Waals surface area (Å²) < 4.78 is 27.2. The summed E-state index contributed by atoms with van der Waals surface area (Å²) in [5.74, 6) is -1.02. The van der Waals surface area contributed by atoms with Crippen LogP contribution in [0.3, 0.4) is 0 Å². The standard InChI is InChI=1S/C15H18N2O4S/c1-2-10-5-3-4-8-17(10)22(20,21)11-6-7-12-13(9-11)15(19)16-14(12)18/h6-7,9-10H,2-5,8H2,1H3,(H,16,18,19)/t10-/m0/s1. The van der Waals surface area contributed by atoms with Gasteiger partial charge in [-0.3, -0.25) is 14.9 Å². The smallest absolute Gasteiger partial charge is 0.258 e. The van der Waals surface area contributed by atoms with Crippen molar-refractivity contribution in [1.29, 1.82) is 0 Å². The molecule has 3 rings (SSSR count). The molecule has 2 aliphatic rings. The van der Waals surface area contributed by atoms with Crippen LogP contribution in [0.25, 0.3) is 0 Å². The van der Waals surface area contributed by atoms with Crippen molar-refractivity contribution in [2.24, 2.45) is 0 Å². The van der Waals surface area contributed by atoms with Crippen LogP contribution in [0.15, 0.2) is 23.1 Å². The van der Waals surface area contributed by atoms with Gasteiger partial charge in [-0.15, -0.1) is 0 Å². The van der Waals surface area contributed by atoms with E-state index in [0.29, 0.717) is 6.54 Å². The van der Waals surface area contributed by atoms with Crippen molar-refractivity contribution in [1.82, 2.24) is 9.62 Å². The fourth-order valence-electron chi connectivity index (χ4n) is 3.14. The van der Waals surface area contributed by atoms with Gasteiger partial charge in [0, 0.05) is 12.6 Å². The van der Waals surface area contributed by atoms with Crippen LogP contribution in [0, 0.1) is 0 Å². The van der Waals surface area contributed by atoms with Crippen LogP contribution in [0.4, 0.5) is 0 Å². The monoisotopic (exact) mass is 322 g/mol. The topological polar surface area (TPSA) is 83.6 Å². The summed E-state index contributed by atoms with van der Waals surface area (Å²) in [6.07, 6.45) is 3.51. The third kappa shape index (κ3) is 2.34. The van der Waals surface area contributed by atoms with Crippen LogP contribution < -0.4 is 5.32 Å². The lowest BCUT2D eigenvalue weighted by Gasteiger charge is -2.34. The molecule has 0 spiro atoms. The molecular weight excluding hydrogens is 304 g/mol. The Balaban J connectivity index is 2.01. The summed E-state index contributed by atoms with van der Waals surface area (Å²) in [7, 11) is -3.64. The van der Waals surface area contributed by atoms with Gasteiger partial charge in [0.25, 0.3) is 11.8 Å². The van der Waals surface area contributed by atoms with Gasteiger partial charge in [0.15, 0.2) is 0 Å². The van der Waals surface area contributed by atoms with E-state index in [1.54, 1.807) is 0 Å². The highest BCUT2D eigenvalue weighted by Gasteiger charge is 2.34. The van der Waals surface area contributed by atoms with Crippen LogP contribution >= 0.6 is 0 Å². The van der Waals surface area contributed by atoms with E-state index >= 15 is 0 Å².